The Balaban J connectivity index is 4.87. The van der Waals surface area contributed by atoms with E-state index in [2.05, 4.69) is 23.2 Å². The van der Waals surface area contributed by atoms with E-state index in [9.17, 15) is 4.79 Å². The highest BCUT2D eigenvalue weighted by atomic mass is 16.2. The lowest BCUT2D eigenvalue weighted by Gasteiger charge is -2.18. The zero-order valence-electron chi connectivity index (χ0n) is 14.1. The zero-order chi connectivity index (χ0) is 15.8. The number of carbonyl (C=O) groups excluding carboxylic acids is 1. The minimum absolute atomic E-state index is 0.0270. The lowest BCUT2D eigenvalue weighted by atomic mass is 9.95. The number of rotatable bonds is 6. The van der Waals surface area contributed by atoms with Gasteiger partial charge in [-0.25, -0.2) is 0 Å². The maximum absolute atomic E-state index is 12.0. The third kappa shape index (κ3) is 7.17. The first-order chi connectivity index (χ1) is 9.22. The molecule has 0 radical (unpaired) electrons. The van der Waals surface area contributed by atoms with Gasteiger partial charge in [-0.15, -0.1) is 0 Å². The van der Waals surface area contributed by atoms with Crippen molar-refractivity contribution in [3.05, 3.63) is 35.7 Å². The number of hydrogen-bond donors (Lipinski definition) is 1. The Labute approximate surface area is 124 Å². The summed E-state index contributed by atoms with van der Waals surface area (Å²) in [6, 6.07) is 0. The van der Waals surface area contributed by atoms with Crippen molar-refractivity contribution in [2.24, 2.45) is 5.41 Å². The van der Waals surface area contributed by atoms with Crippen molar-refractivity contribution in [2.75, 3.05) is 14.1 Å². The van der Waals surface area contributed by atoms with Crippen LogP contribution in [0, 0.1) is 5.41 Å². The Morgan fingerprint density at radius 1 is 1.20 bits per heavy atom. The van der Waals surface area contributed by atoms with Crippen molar-refractivity contribution in [3.63, 3.8) is 0 Å². The van der Waals surface area contributed by atoms with Crippen LogP contribution in [0.4, 0.5) is 0 Å². The third-order valence-corrected chi connectivity index (χ3v) is 2.84. The molecule has 0 aromatic heterocycles. The predicted octanol–water partition coefficient (Wildman–Crippen LogP) is 3.85. The van der Waals surface area contributed by atoms with E-state index >= 15 is 0 Å². The average molecular weight is 278 g/mol. The Kier molecular flexibility index (Phi) is 7.97. The van der Waals surface area contributed by atoms with Crippen LogP contribution < -0.4 is 5.32 Å². The molecule has 1 N–H and O–H groups in total. The number of hydrogen-bond acceptors (Lipinski definition) is 2. The van der Waals surface area contributed by atoms with Gasteiger partial charge in [0, 0.05) is 30.9 Å². The molecule has 0 aliphatic heterocycles. The molecule has 0 aromatic rings. The molecule has 0 unspecified atom stereocenters. The molecule has 0 bridgehead atoms. The summed E-state index contributed by atoms with van der Waals surface area (Å²) in [5.41, 5.74) is 1.59. The second-order valence-electron chi connectivity index (χ2n) is 6.09. The van der Waals surface area contributed by atoms with Gasteiger partial charge in [-0.05, 0) is 25.5 Å². The van der Waals surface area contributed by atoms with E-state index in [4.69, 9.17) is 0 Å². The molecule has 0 saturated heterocycles. The van der Waals surface area contributed by atoms with Crippen LogP contribution in [0.15, 0.2) is 35.7 Å². The minimum Gasteiger partial charge on any atom is -0.378 e. The number of nitrogens with one attached hydrogen (secondary N) is 1. The predicted molar refractivity (Wildman–Crippen MR) is 87.2 cm³/mol. The molecule has 0 rings (SSSR count). The molecular formula is C17H30N2O. The van der Waals surface area contributed by atoms with Crippen LogP contribution >= 0.6 is 0 Å². The van der Waals surface area contributed by atoms with Crippen LogP contribution in [0.25, 0.3) is 0 Å². The smallest absolute Gasteiger partial charge is 0.229 e. The van der Waals surface area contributed by atoms with Gasteiger partial charge in [0.15, 0.2) is 0 Å². The summed E-state index contributed by atoms with van der Waals surface area (Å²) in [5, 5.41) is 2.95. The second kappa shape index (κ2) is 8.62. The van der Waals surface area contributed by atoms with E-state index in [-0.39, 0.29) is 11.3 Å². The number of carbonyl (C=O) groups is 1. The van der Waals surface area contributed by atoms with Gasteiger partial charge in [-0.1, -0.05) is 46.3 Å². The molecule has 0 saturated carbocycles. The molecule has 0 heterocycles. The molecule has 0 aliphatic rings. The highest BCUT2D eigenvalue weighted by Gasteiger charge is 2.21. The van der Waals surface area contributed by atoms with Gasteiger partial charge in [-0.2, -0.15) is 0 Å². The van der Waals surface area contributed by atoms with Crippen molar-refractivity contribution < 1.29 is 4.79 Å². The van der Waals surface area contributed by atoms with Crippen molar-refractivity contribution in [3.8, 4) is 0 Å². The monoisotopic (exact) mass is 278 g/mol. The van der Waals surface area contributed by atoms with E-state index in [1.54, 1.807) is 0 Å². The van der Waals surface area contributed by atoms with E-state index in [0.717, 1.165) is 24.2 Å². The highest BCUT2D eigenvalue weighted by molar-refractivity contribution is 5.83. The molecule has 0 spiro atoms. The lowest BCUT2D eigenvalue weighted by Crippen LogP contribution is -2.33. The Bertz CT molecular complexity index is 396. The Morgan fingerprint density at radius 3 is 2.20 bits per heavy atom. The minimum atomic E-state index is -0.384. The average Bonchev–Trinajstić information content (AvgIpc) is 2.35. The quantitative estimate of drug-likeness (QED) is 0.748. The molecule has 0 aromatic carbocycles. The van der Waals surface area contributed by atoms with Crippen LogP contribution in [-0.4, -0.2) is 24.9 Å². The number of amides is 1. The first kappa shape index (κ1) is 18.5. The number of unbranched alkanes of at least 4 members (excludes halogenated alkanes) is 1. The van der Waals surface area contributed by atoms with Gasteiger partial charge in [0.1, 0.15) is 0 Å². The number of likely N-dealkylation sites (N-methyl/N-ethyl adjacent to an activating group) is 1. The van der Waals surface area contributed by atoms with Crippen LogP contribution in [-0.2, 0) is 4.79 Å². The highest BCUT2D eigenvalue weighted by Crippen LogP contribution is 2.14. The van der Waals surface area contributed by atoms with Crippen molar-refractivity contribution in [1.29, 1.82) is 0 Å². The SMILES string of the molecule is C/C=C(\C=C/C(=CCCC)N(C)C)NC(=O)C(C)(C)C. The van der Waals surface area contributed by atoms with Gasteiger partial charge in [0.05, 0.1) is 0 Å². The number of nitrogens with zero attached hydrogens (tertiary/aromatic N) is 1. The van der Waals surface area contributed by atoms with Crippen LogP contribution in [0.5, 0.6) is 0 Å². The van der Waals surface area contributed by atoms with Gasteiger partial charge in [-0.3, -0.25) is 4.79 Å². The molecule has 0 atom stereocenters. The normalized spacial score (nSPS) is 13.8. The maximum Gasteiger partial charge on any atom is 0.229 e. The van der Waals surface area contributed by atoms with Gasteiger partial charge < -0.3 is 10.2 Å². The summed E-state index contributed by atoms with van der Waals surface area (Å²) in [5.74, 6) is 0.0270. The summed E-state index contributed by atoms with van der Waals surface area (Å²) < 4.78 is 0. The topological polar surface area (TPSA) is 32.3 Å². The van der Waals surface area contributed by atoms with Crippen LogP contribution in [0.2, 0.25) is 0 Å². The molecule has 114 valence electrons. The molecule has 0 fully saturated rings. The standard InChI is InChI=1S/C17H30N2O/c1-8-10-11-15(19(6)7)13-12-14(9-2)18-16(20)17(3,4)5/h9,11-13H,8,10H2,1-7H3,(H,18,20)/b13-12-,14-9+,15-11?. The van der Waals surface area contributed by atoms with Crippen molar-refractivity contribution in [2.45, 2.75) is 47.5 Å². The summed E-state index contributed by atoms with van der Waals surface area (Å²) in [6.07, 6.45) is 10.3. The van der Waals surface area contributed by atoms with Crippen LogP contribution in [0.3, 0.4) is 0 Å². The van der Waals surface area contributed by atoms with E-state index < -0.39 is 0 Å². The van der Waals surface area contributed by atoms with E-state index in [1.165, 1.54) is 0 Å². The van der Waals surface area contributed by atoms with Crippen molar-refractivity contribution >= 4 is 5.91 Å². The molecule has 20 heavy (non-hydrogen) atoms. The Hall–Kier alpha value is -1.51. The molecule has 1 amide bonds. The summed E-state index contributed by atoms with van der Waals surface area (Å²) in [7, 11) is 4.05. The first-order valence-corrected chi connectivity index (χ1v) is 7.25. The van der Waals surface area contributed by atoms with Crippen LogP contribution in [0.1, 0.15) is 47.5 Å². The van der Waals surface area contributed by atoms with Crippen molar-refractivity contribution in [1.82, 2.24) is 10.2 Å². The van der Waals surface area contributed by atoms with E-state index in [0.29, 0.717) is 0 Å². The lowest BCUT2D eigenvalue weighted by molar-refractivity contribution is -0.127. The molecular weight excluding hydrogens is 248 g/mol. The first-order valence-electron chi connectivity index (χ1n) is 7.25. The van der Waals surface area contributed by atoms with Gasteiger partial charge in [0.2, 0.25) is 5.91 Å². The molecule has 3 nitrogen and oxygen atoms in total. The second-order valence-corrected chi connectivity index (χ2v) is 6.09. The fourth-order valence-electron chi connectivity index (χ4n) is 1.40. The Morgan fingerprint density at radius 2 is 1.80 bits per heavy atom. The van der Waals surface area contributed by atoms with Gasteiger partial charge in [0.25, 0.3) is 0 Å². The maximum atomic E-state index is 12.0. The third-order valence-electron chi connectivity index (χ3n) is 2.84. The molecule has 0 aliphatic carbocycles. The largest absolute Gasteiger partial charge is 0.378 e. The summed E-state index contributed by atoms with van der Waals surface area (Å²) in [6.45, 7) is 9.81. The molecule has 3 heteroatoms. The fraction of sp³-hybridized carbons (Fsp3) is 0.588. The summed E-state index contributed by atoms with van der Waals surface area (Å²) >= 11 is 0. The summed E-state index contributed by atoms with van der Waals surface area (Å²) in [4.78, 5) is 14.0. The zero-order valence-corrected chi connectivity index (χ0v) is 14.1. The number of allylic oxidation sites excluding steroid dienone is 4. The fourth-order valence-corrected chi connectivity index (χ4v) is 1.40. The van der Waals surface area contributed by atoms with Gasteiger partial charge >= 0.3 is 0 Å². The van der Waals surface area contributed by atoms with E-state index in [1.807, 2.05) is 60.0 Å².